The predicted octanol–water partition coefficient (Wildman–Crippen LogP) is 3.02. The first-order valence-electron chi connectivity index (χ1n) is 6.35. The zero-order chi connectivity index (χ0) is 12.1. The van der Waals surface area contributed by atoms with Gasteiger partial charge in [0.2, 0.25) is 0 Å². The Morgan fingerprint density at radius 1 is 1.35 bits per heavy atom. The molecular weight excluding hydrogens is 234 g/mol. The Morgan fingerprint density at radius 3 is 2.82 bits per heavy atom. The lowest BCUT2D eigenvalue weighted by atomic mass is 10.1. The van der Waals surface area contributed by atoms with Crippen molar-refractivity contribution in [3.05, 3.63) is 23.4 Å². The van der Waals surface area contributed by atoms with E-state index in [-0.39, 0.29) is 0 Å². The number of likely N-dealkylation sites (tertiary alicyclic amines) is 1. The Balaban J connectivity index is 1.82. The van der Waals surface area contributed by atoms with Crippen LogP contribution in [0.4, 0.5) is 5.82 Å². The molecule has 1 aliphatic rings. The first-order valence-corrected chi connectivity index (χ1v) is 6.73. The average Bonchev–Trinajstić information content (AvgIpc) is 2.30. The molecule has 3 nitrogen and oxygen atoms in total. The maximum absolute atomic E-state index is 5.86. The second-order valence-corrected chi connectivity index (χ2v) is 5.14. The number of nitrogens with one attached hydrogen (secondary N) is 1. The summed E-state index contributed by atoms with van der Waals surface area (Å²) in [6.07, 6.45) is 4.05. The van der Waals surface area contributed by atoms with Crippen LogP contribution in [0.1, 0.15) is 26.2 Å². The van der Waals surface area contributed by atoms with Crippen molar-refractivity contribution >= 4 is 17.4 Å². The Morgan fingerprint density at radius 2 is 2.12 bits per heavy atom. The van der Waals surface area contributed by atoms with Crippen LogP contribution in [0, 0.1) is 0 Å². The first-order chi connectivity index (χ1) is 8.24. The summed E-state index contributed by atoms with van der Waals surface area (Å²) in [7, 11) is 0. The summed E-state index contributed by atoms with van der Waals surface area (Å²) < 4.78 is 0. The number of nitrogens with zero attached hydrogens (tertiary/aromatic N) is 2. The van der Waals surface area contributed by atoms with E-state index in [4.69, 9.17) is 11.6 Å². The molecule has 0 aliphatic carbocycles. The molecule has 1 aromatic heterocycles. The number of halogens is 1. The fraction of sp³-hybridized carbons (Fsp3) is 0.615. The molecule has 0 aromatic carbocycles. The third kappa shape index (κ3) is 4.17. The molecular formula is C13H20ClN3. The zero-order valence-electron chi connectivity index (χ0n) is 10.3. The molecule has 2 heterocycles. The minimum absolute atomic E-state index is 0.402. The molecule has 4 heteroatoms. The molecule has 0 saturated carbocycles. The predicted molar refractivity (Wildman–Crippen MR) is 72.6 cm³/mol. The molecule has 0 radical (unpaired) electrons. The molecule has 1 unspecified atom stereocenters. The van der Waals surface area contributed by atoms with Crippen molar-refractivity contribution in [3.63, 3.8) is 0 Å². The van der Waals surface area contributed by atoms with Crippen molar-refractivity contribution in [3.8, 4) is 0 Å². The summed E-state index contributed by atoms with van der Waals surface area (Å²) in [6.45, 7) is 5.73. The lowest BCUT2D eigenvalue weighted by Crippen LogP contribution is -2.38. The van der Waals surface area contributed by atoms with E-state index in [1.54, 1.807) is 6.07 Å². The minimum atomic E-state index is 0.402. The number of rotatable bonds is 4. The molecule has 1 N–H and O–H groups in total. The highest BCUT2D eigenvalue weighted by Crippen LogP contribution is 2.12. The van der Waals surface area contributed by atoms with Crippen molar-refractivity contribution < 1.29 is 0 Å². The Bertz CT molecular complexity index is 350. The van der Waals surface area contributed by atoms with Gasteiger partial charge in [-0.3, -0.25) is 0 Å². The summed E-state index contributed by atoms with van der Waals surface area (Å²) in [5, 5.41) is 3.93. The van der Waals surface area contributed by atoms with Crippen LogP contribution < -0.4 is 5.32 Å². The Kier molecular flexibility index (Phi) is 4.63. The highest BCUT2D eigenvalue weighted by Gasteiger charge is 2.13. The van der Waals surface area contributed by atoms with Crippen molar-refractivity contribution in [2.45, 2.75) is 32.2 Å². The number of aromatic nitrogens is 1. The quantitative estimate of drug-likeness (QED) is 0.836. The van der Waals surface area contributed by atoms with Crippen LogP contribution in [0.15, 0.2) is 18.2 Å². The number of hydrogen-bond donors (Lipinski definition) is 1. The van der Waals surface area contributed by atoms with Crippen LogP contribution in [0.25, 0.3) is 0 Å². The van der Waals surface area contributed by atoms with Gasteiger partial charge in [-0.2, -0.15) is 0 Å². The maximum Gasteiger partial charge on any atom is 0.131 e. The summed E-state index contributed by atoms with van der Waals surface area (Å²) in [6, 6.07) is 6.07. The number of anilines is 1. The van der Waals surface area contributed by atoms with Crippen LogP contribution in [0.3, 0.4) is 0 Å². The minimum Gasteiger partial charge on any atom is -0.366 e. The van der Waals surface area contributed by atoms with E-state index in [9.17, 15) is 0 Å². The maximum atomic E-state index is 5.86. The van der Waals surface area contributed by atoms with E-state index >= 15 is 0 Å². The second-order valence-electron chi connectivity index (χ2n) is 4.75. The molecule has 1 aliphatic heterocycles. The zero-order valence-corrected chi connectivity index (χ0v) is 11.1. The highest BCUT2D eigenvalue weighted by atomic mass is 35.5. The van der Waals surface area contributed by atoms with Crippen molar-refractivity contribution in [2.24, 2.45) is 0 Å². The molecule has 94 valence electrons. The molecule has 1 aromatic rings. The molecule has 2 rings (SSSR count). The Hall–Kier alpha value is -0.800. The van der Waals surface area contributed by atoms with Crippen LogP contribution in [0.2, 0.25) is 5.15 Å². The second kappa shape index (κ2) is 6.22. The van der Waals surface area contributed by atoms with Gasteiger partial charge in [0.25, 0.3) is 0 Å². The van der Waals surface area contributed by atoms with Gasteiger partial charge in [-0.25, -0.2) is 4.98 Å². The van der Waals surface area contributed by atoms with Crippen molar-refractivity contribution in [1.82, 2.24) is 9.88 Å². The molecule has 17 heavy (non-hydrogen) atoms. The van der Waals surface area contributed by atoms with Gasteiger partial charge in [0.05, 0.1) is 0 Å². The highest BCUT2D eigenvalue weighted by molar-refractivity contribution is 6.29. The van der Waals surface area contributed by atoms with Crippen LogP contribution in [-0.2, 0) is 0 Å². The van der Waals surface area contributed by atoms with Gasteiger partial charge in [0.1, 0.15) is 11.0 Å². The molecule has 0 bridgehead atoms. The van der Waals surface area contributed by atoms with Gasteiger partial charge in [-0.1, -0.05) is 24.1 Å². The standard InChI is InChI=1S/C13H20ClN3/c1-11(10-17-8-3-2-4-9-17)15-13-7-5-6-12(14)16-13/h5-7,11H,2-4,8-10H2,1H3,(H,15,16). The average molecular weight is 254 g/mol. The summed E-state index contributed by atoms with van der Waals surface area (Å²) in [5.74, 6) is 0.863. The lowest BCUT2D eigenvalue weighted by Gasteiger charge is -2.29. The molecule has 1 atom stereocenters. The van der Waals surface area contributed by atoms with Gasteiger partial charge in [0.15, 0.2) is 0 Å². The monoisotopic (exact) mass is 253 g/mol. The molecule has 0 spiro atoms. The van der Waals surface area contributed by atoms with Crippen molar-refractivity contribution in [1.29, 1.82) is 0 Å². The smallest absolute Gasteiger partial charge is 0.131 e. The summed E-state index contributed by atoms with van der Waals surface area (Å²) in [4.78, 5) is 6.76. The normalized spacial score (nSPS) is 18.9. The number of pyridine rings is 1. The van der Waals surface area contributed by atoms with Crippen LogP contribution >= 0.6 is 11.6 Å². The Labute approximate surface area is 108 Å². The molecule has 1 fully saturated rings. The van der Waals surface area contributed by atoms with Gasteiger partial charge < -0.3 is 10.2 Å². The molecule has 1 saturated heterocycles. The van der Waals surface area contributed by atoms with Crippen molar-refractivity contribution in [2.75, 3.05) is 25.0 Å². The first kappa shape index (κ1) is 12.7. The van der Waals surface area contributed by atoms with Gasteiger partial charge in [-0.15, -0.1) is 0 Å². The summed E-state index contributed by atoms with van der Waals surface area (Å²) >= 11 is 5.86. The largest absolute Gasteiger partial charge is 0.366 e. The number of hydrogen-bond acceptors (Lipinski definition) is 3. The summed E-state index contributed by atoms with van der Waals surface area (Å²) in [5.41, 5.74) is 0. The van der Waals surface area contributed by atoms with Gasteiger partial charge >= 0.3 is 0 Å². The third-order valence-corrected chi connectivity index (χ3v) is 3.30. The van der Waals surface area contributed by atoms with E-state index < -0.39 is 0 Å². The number of piperidine rings is 1. The van der Waals surface area contributed by atoms with Crippen LogP contribution in [-0.4, -0.2) is 35.6 Å². The van der Waals surface area contributed by atoms with E-state index in [0.29, 0.717) is 11.2 Å². The van der Waals surface area contributed by atoms with E-state index in [1.165, 1.54) is 32.4 Å². The fourth-order valence-corrected chi connectivity index (χ4v) is 2.48. The van der Waals surface area contributed by atoms with Crippen LogP contribution in [0.5, 0.6) is 0 Å². The van der Waals surface area contributed by atoms with Gasteiger partial charge in [0, 0.05) is 12.6 Å². The molecule has 0 amide bonds. The van der Waals surface area contributed by atoms with E-state index in [1.807, 2.05) is 12.1 Å². The van der Waals surface area contributed by atoms with Gasteiger partial charge in [-0.05, 0) is 45.0 Å². The van der Waals surface area contributed by atoms with E-state index in [2.05, 4.69) is 22.1 Å². The fourth-order valence-electron chi connectivity index (χ4n) is 2.32. The SMILES string of the molecule is CC(CN1CCCCC1)Nc1cccc(Cl)n1. The lowest BCUT2D eigenvalue weighted by molar-refractivity contribution is 0.223. The third-order valence-electron chi connectivity index (χ3n) is 3.09. The van der Waals surface area contributed by atoms with E-state index in [0.717, 1.165) is 12.4 Å². The topological polar surface area (TPSA) is 28.2 Å².